The third kappa shape index (κ3) is 6.90. The third-order valence-corrected chi connectivity index (χ3v) is 6.22. The van der Waals surface area contributed by atoms with Crippen molar-refractivity contribution in [2.24, 2.45) is 0 Å². The summed E-state index contributed by atoms with van der Waals surface area (Å²) in [6, 6.07) is 20.5. The summed E-state index contributed by atoms with van der Waals surface area (Å²) in [5.74, 6) is -0.863. The van der Waals surface area contributed by atoms with Crippen molar-refractivity contribution in [2.75, 3.05) is 10.6 Å². The van der Waals surface area contributed by atoms with Crippen LogP contribution < -0.4 is 14.8 Å². The number of carbonyl (C=O) groups is 2. The lowest BCUT2D eigenvalue weighted by Crippen LogP contribution is -2.13. The molecule has 0 aliphatic heterocycles. The van der Waals surface area contributed by atoms with E-state index in [-0.39, 0.29) is 22.1 Å². The van der Waals surface area contributed by atoms with Crippen molar-refractivity contribution in [2.45, 2.75) is 11.8 Å². The highest BCUT2D eigenvalue weighted by Gasteiger charge is 2.17. The van der Waals surface area contributed by atoms with Gasteiger partial charge in [-0.05, 0) is 88.8 Å². The zero-order valence-corrected chi connectivity index (χ0v) is 20.8. The van der Waals surface area contributed by atoms with Crippen LogP contribution in [0, 0.1) is 14.9 Å². The van der Waals surface area contributed by atoms with Gasteiger partial charge in [0, 0.05) is 21.9 Å². The fourth-order valence-electron chi connectivity index (χ4n) is 2.82. The van der Waals surface area contributed by atoms with Crippen LogP contribution in [0.15, 0.2) is 83.3 Å². The maximum atomic E-state index is 12.6. The summed E-state index contributed by atoms with van der Waals surface area (Å²) in [7, 11) is -4.15. The zero-order valence-electron chi connectivity index (χ0n) is 17.8. The summed E-state index contributed by atoms with van der Waals surface area (Å²) in [4.78, 5) is 23.5. The molecule has 0 aromatic heterocycles. The van der Waals surface area contributed by atoms with Crippen LogP contribution in [0.1, 0.15) is 12.5 Å². The highest BCUT2D eigenvalue weighted by molar-refractivity contribution is 14.1. The van der Waals surface area contributed by atoms with Crippen molar-refractivity contribution in [3.63, 3.8) is 0 Å². The minimum Gasteiger partial charge on any atom is -0.379 e. The Morgan fingerprint density at radius 3 is 2.32 bits per heavy atom. The van der Waals surface area contributed by atoms with Gasteiger partial charge in [0.15, 0.2) is 0 Å². The second-order valence-corrected chi connectivity index (χ2v) is 9.74. The molecule has 34 heavy (non-hydrogen) atoms. The van der Waals surface area contributed by atoms with Gasteiger partial charge in [0.1, 0.15) is 22.3 Å². The van der Waals surface area contributed by atoms with Gasteiger partial charge >= 0.3 is 10.1 Å². The molecule has 0 saturated heterocycles. The van der Waals surface area contributed by atoms with Gasteiger partial charge in [0.05, 0.1) is 0 Å². The summed E-state index contributed by atoms with van der Waals surface area (Å²) in [6.45, 7) is 1.35. The number of nitriles is 1. The van der Waals surface area contributed by atoms with E-state index in [1.54, 1.807) is 30.3 Å². The number of benzene rings is 3. The van der Waals surface area contributed by atoms with Crippen LogP contribution in [0.25, 0.3) is 6.08 Å². The molecule has 0 spiro atoms. The molecule has 3 aromatic carbocycles. The van der Waals surface area contributed by atoms with E-state index >= 15 is 0 Å². The first-order valence-corrected chi connectivity index (χ1v) is 12.3. The van der Waals surface area contributed by atoms with Crippen LogP contribution in [-0.2, 0) is 19.7 Å². The van der Waals surface area contributed by atoms with Gasteiger partial charge in [-0.2, -0.15) is 13.7 Å². The first-order valence-electron chi connectivity index (χ1n) is 9.77. The van der Waals surface area contributed by atoms with Gasteiger partial charge in [-0.15, -0.1) is 0 Å². The van der Waals surface area contributed by atoms with E-state index in [0.29, 0.717) is 16.9 Å². The number of nitrogens with zero attached hydrogens (tertiary/aromatic N) is 1. The van der Waals surface area contributed by atoms with Gasteiger partial charge in [-0.1, -0.05) is 18.2 Å². The van der Waals surface area contributed by atoms with Crippen LogP contribution in [0.3, 0.4) is 0 Å². The molecule has 0 bridgehead atoms. The first kappa shape index (κ1) is 24.9. The summed E-state index contributed by atoms with van der Waals surface area (Å²) in [5.41, 5.74) is 1.24. The van der Waals surface area contributed by atoms with E-state index in [2.05, 4.69) is 33.2 Å². The molecule has 10 heteroatoms. The van der Waals surface area contributed by atoms with Crippen LogP contribution in [0.2, 0.25) is 0 Å². The Kier molecular flexibility index (Phi) is 8.04. The molecule has 2 N–H and O–H groups in total. The fraction of sp³-hybridized carbons (Fsp3) is 0.0417. The summed E-state index contributed by atoms with van der Waals surface area (Å²) >= 11 is 2.11. The molecule has 0 aliphatic rings. The Balaban J connectivity index is 1.77. The maximum Gasteiger partial charge on any atom is 0.339 e. The van der Waals surface area contributed by atoms with Crippen LogP contribution in [0.4, 0.5) is 11.4 Å². The van der Waals surface area contributed by atoms with Gasteiger partial charge < -0.3 is 14.8 Å². The van der Waals surface area contributed by atoms with E-state index < -0.39 is 16.0 Å². The molecule has 0 radical (unpaired) electrons. The second kappa shape index (κ2) is 11.0. The lowest BCUT2D eigenvalue weighted by atomic mass is 10.1. The number of hydrogen-bond acceptors (Lipinski definition) is 6. The van der Waals surface area contributed by atoms with Gasteiger partial charge in [-0.3, -0.25) is 9.59 Å². The fourth-order valence-corrected chi connectivity index (χ4v) is 4.28. The highest BCUT2D eigenvalue weighted by Crippen LogP contribution is 2.23. The Hall–Kier alpha value is -3.69. The molecule has 3 rings (SSSR count). The van der Waals surface area contributed by atoms with E-state index in [4.69, 9.17) is 4.18 Å². The van der Waals surface area contributed by atoms with Crippen molar-refractivity contribution < 1.29 is 22.2 Å². The zero-order chi connectivity index (χ0) is 24.7. The highest BCUT2D eigenvalue weighted by atomic mass is 127. The van der Waals surface area contributed by atoms with Crippen molar-refractivity contribution >= 4 is 62.0 Å². The molecule has 8 nitrogen and oxygen atoms in total. The number of halogens is 1. The molecule has 2 amide bonds. The predicted molar refractivity (Wildman–Crippen MR) is 136 cm³/mol. The lowest BCUT2D eigenvalue weighted by Gasteiger charge is -2.09. The minimum atomic E-state index is -4.15. The van der Waals surface area contributed by atoms with Crippen molar-refractivity contribution in [1.82, 2.24) is 0 Å². The van der Waals surface area contributed by atoms with E-state index in [1.165, 1.54) is 49.4 Å². The minimum absolute atomic E-state index is 0.00926. The molecule has 0 fully saturated rings. The van der Waals surface area contributed by atoms with Crippen LogP contribution in [0.5, 0.6) is 5.75 Å². The normalized spacial score (nSPS) is 11.3. The molecule has 0 saturated carbocycles. The maximum absolute atomic E-state index is 12.6. The largest absolute Gasteiger partial charge is 0.379 e. The van der Waals surface area contributed by atoms with Gasteiger partial charge in [-0.25, -0.2) is 0 Å². The quantitative estimate of drug-likeness (QED) is 0.181. The second-order valence-electron chi connectivity index (χ2n) is 6.95. The van der Waals surface area contributed by atoms with E-state index in [9.17, 15) is 23.3 Å². The molecule has 3 aromatic rings. The lowest BCUT2D eigenvalue weighted by molar-refractivity contribution is -0.114. The topological polar surface area (TPSA) is 125 Å². The van der Waals surface area contributed by atoms with Crippen LogP contribution in [-0.4, -0.2) is 20.2 Å². The monoisotopic (exact) mass is 587 g/mol. The Labute approximate surface area is 210 Å². The molecular weight excluding hydrogens is 569 g/mol. The predicted octanol–water partition coefficient (Wildman–Crippen LogP) is 4.56. The number of carbonyl (C=O) groups excluding carboxylic acids is 2. The average Bonchev–Trinajstić information content (AvgIpc) is 2.77. The van der Waals surface area contributed by atoms with E-state index in [0.717, 1.165) is 3.57 Å². The molecule has 172 valence electrons. The number of rotatable bonds is 7. The first-order chi connectivity index (χ1) is 16.2. The number of anilines is 2. The van der Waals surface area contributed by atoms with E-state index in [1.807, 2.05) is 12.1 Å². The number of hydrogen-bond donors (Lipinski definition) is 2. The van der Waals surface area contributed by atoms with Crippen molar-refractivity contribution in [3.8, 4) is 11.8 Å². The van der Waals surface area contributed by atoms with Crippen molar-refractivity contribution in [3.05, 3.63) is 87.5 Å². The smallest absolute Gasteiger partial charge is 0.339 e. The Morgan fingerprint density at radius 1 is 0.971 bits per heavy atom. The molecular formula is C24H18IN3O5S. The standard InChI is InChI=1S/C24H18IN3O5S/c1-16(29)27-20-8-10-23(11-9-20)34(31,32)33-22-7-2-4-17(13-22)12-18(15-26)24(30)28-21-6-3-5-19(25)14-21/h2-14H,1H3,(H,27,29)(H,28,30)/b18-12+. The summed E-state index contributed by atoms with van der Waals surface area (Å²) < 4.78 is 31.4. The molecule has 0 atom stereocenters. The molecule has 0 aliphatic carbocycles. The number of amides is 2. The SMILES string of the molecule is CC(=O)Nc1ccc(S(=O)(=O)Oc2cccc(/C=C(\C#N)C(=O)Nc3cccc(I)c3)c2)cc1. The third-order valence-electron chi connectivity index (χ3n) is 4.29. The van der Waals surface area contributed by atoms with Gasteiger partial charge in [0.2, 0.25) is 5.91 Å². The Bertz CT molecular complexity index is 1410. The van der Waals surface area contributed by atoms with Crippen LogP contribution >= 0.6 is 22.6 Å². The summed E-state index contributed by atoms with van der Waals surface area (Å²) in [5, 5.41) is 14.6. The molecule has 0 heterocycles. The average molecular weight is 587 g/mol. The number of nitrogens with one attached hydrogen (secondary N) is 2. The Morgan fingerprint density at radius 2 is 1.68 bits per heavy atom. The van der Waals surface area contributed by atoms with Crippen molar-refractivity contribution in [1.29, 1.82) is 5.26 Å². The van der Waals surface area contributed by atoms with Gasteiger partial charge in [0.25, 0.3) is 5.91 Å². The summed E-state index contributed by atoms with van der Waals surface area (Å²) in [6.07, 6.45) is 1.34. The molecule has 0 unspecified atom stereocenters.